The van der Waals surface area contributed by atoms with Crippen molar-refractivity contribution in [3.05, 3.63) is 62.3 Å². The molecule has 0 atom stereocenters. The molecule has 2 aromatic rings. The number of nitrogens with one attached hydrogen (secondary N) is 1. The summed E-state index contributed by atoms with van der Waals surface area (Å²) < 4.78 is 0. The van der Waals surface area contributed by atoms with Crippen molar-refractivity contribution in [1.82, 2.24) is 5.32 Å². The van der Waals surface area contributed by atoms with Gasteiger partial charge in [-0.15, -0.1) is 0 Å². The van der Waals surface area contributed by atoms with Gasteiger partial charge in [0.2, 0.25) is 0 Å². The lowest BCUT2D eigenvalue weighted by atomic mass is 10.1. The van der Waals surface area contributed by atoms with E-state index in [2.05, 4.69) is 5.32 Å². The minimum Gasteiger partial charge on any atom is -0.348 e. The maximum atomic E-state index is 11.9. The molecule has 1 heterocycles. The number of nitro groups is 1. The van der Waals surface area contributed by atoms with E-state index in [9.17, 15) is 14.9 Å². The highest BCUT2D eigenvalue weighted by Crippen LogP contribution is 2.17. The van der Waals surface area contributed by atoms with E-state index in [1.54, 1.807) is 6.07 Å². The number of nitrogens with zero attached hydrogens (tertiary/aromatic N) is 1. The zero-order valence-electron chi connectivity index (χ0n) is 9.33. The van der Waals surface area contributed by atoms with Gasteiger partial charge in [-0.05, 0) is 28.5 Å². The number of thiophene rings is 1. The lowest BCUT2D eigenvalue weighted by Gasteiger charge is -2.04. The number of benzene rings is 1. The highest BCUT2D eigenvalue weighted by molar-refractivity contribution is 7.07. The first-order valence-corrected chi connectivity index (χ1v) is 6.15. The van der Waals surface area contributed by atoms with Crippen molar-refractivity contribution in [2.75, 3.05) is 0 Å². The van der Waals surface area contributed by atoms with E-state index in [4.69, 9.17) is 0 Å². The number of nitro benzene ring substituents is 1. The molecule has 1 aromatic heterocycles. The lowest BCUT2D eigenvalue weighted by molar-refractivity contribution is -0.385. The third kappa shape index (κ3) is 2.72. The minimum absolute atomic E-state index is 0.0812. The molecular formula is C12H10N2O3S. The number of amides is 1. The SMILES string of the molecule is O=C(NCc1ccsc1)c1ccccc1[N+](=O)[O-]. The zero-order valence-corrected chi connectivity index (χ0v) is 10.1. The van der Waals surface area contributed by atoms with Crippen molar-refractivity contribution in [1.29, 1.82) is 0 Å². The van der Waals surface area contributed by atoms with Gasteiger partial charge in [0.15, 0.2) is 0 Å². The Kier molecular flexibility index (Phi) is 3.69. The Balaban J connectivity index is 2.11. The van der Waals surface area contributed by atoms with Crippen LogP contribution in [0.25, 0.3) is 0 Å². The van der Waals surface area contributed by atoms with E-state index < -0.39 is 10.8 Å². The van der Waals surface area contributed by atoms with Crippen LogP contribution in [-0.4, -0.2) is 10.8 Å². The van der Waals surface area contributed by atoms with Gasteiger partial charge >= 0.3 is 0 Å². The van der Waals surface area contributed by atoms with Gasteiger partial charge in [0, 0.05) is 12.6 Å². The van der Waals surface area contributed by atoms with Crippen LogP contribution >= 0.6 is 11.3 Å². The average Bonchev–Trinajstić information content (AvgIpc) is 2.89. The molecule has 0 spiro atoms. The van der Waals surface area contributed by atoms with E-state index in [0.29, 0.717) is 6.54 Å². The van der Waals surface area contributed by atoms with E-state index in [0.717, 1.165) is 5.56 Å². The summed E-state index contributed by atoms with van der Waals surface area (Å²) in [5.74, 6) is -0.437. The molecule has 1 N–H and O–H groups in total. The first kappa shape index (κ1) is 12.3. The van der Waals surface area contributed by atoms with Gasteiger partial charge in [-0.2, -0.15) is 11.3 Å². The normalized spacial score (nSPS) is 10.0. The van der Waals surface area contributed by atoms with E-state index in [-0.39, 0.29) is 11.3 Å². The molecule has 1 amide bonds. The minimum atomic E-state index is -0.556. The van der Waals surface area contributed by atoms with Crippen LogP contribution < -0.4 is 5.32 Å². The van der Waals surface area contributed by atoms with Gasteiger partial charge < -0.3 is 5.32 Å². The maximum absolute atomic E-state index is 11.9. The van der Waals surface area contributed by atoms with Crippen molar-refractivity contribution in [2.45, 2.75) is 6.54 Å². The van der Waals surface area contributed by atoms with Crippen molar-refractivity contribution in [2.24, 2.45) is 0 Å². The van der Waals surface area contributed by atoms with E-state index >= 15 is 0 Å². The van der Waals surface area contributed by atoms with Crippen molar-refractivity contribution in [3.63, 3.8) is 0 Å². The molecule has 0 aliphatic rings. The Hall–Kier alpha value is -2.21. The number of carbonyl (C=O) groups excluding carboxylic acids is 1. The van der Waals surface area contributed by atoms with Crippen molar-refractivity contribution in [3.8, 4) is 0 Å². The molecule has 0 aliphatic carbocycles. The fourth-order valence-electron chi connectivity index (χ4n) is 1.50. The Morgan fingerprint density at radius 2 is 2.11 bits per heavy atom. The summed E-state index contributed by atoms with van der Waals surface area (Å²) in [5.41, 5.74) is 0.880. The van der Waals surface area contributed by atoms with Gasteiger partial charge in [0.1, 0.15) is 5.56 Å². The summed E-state index contributed by atoms with van der Waals surface area (Å²) in [5, 5.41) is 17.3. The van der Waals surface area contributed by atoms with Crippen LogP contribution in [0.4, 0.5) is 5.69 Å². The van der Waals surface area contributed by atoms with Crippen LogP contribution in [-0.2, 0) is 6.54 Å². The molecule has 6 heteroatoms. The predicted octanol–water partition coefficient (Wildman–Crippen LogP) is 2.59. The molecule has 1 aromatic carbocycles. The molecule has 92 valence electrons. The molecule has 0 fully saturated rings. The fourth-order valence-corrected chi connectivity index (χ4v) is 2.16. The van der Waals surface area contributed by atoms with Crippen LogP contribution in [0.3, 0.4) is 0 Å². The summed E-state index contributed by atoms with van der Waals surface area (Å²) in [6.07, 6.45) is 0. The molecule has 0 unspecified atom stereocenters. The molecule has 0 aliphatic heterocycles. The highest BCUT2D eigenvalue weighted by Gasteiger charge is 2.18. The smallest absolute Gasteiger partial charge is 0.282 e. The molecular weight excluding hydrogens is 252 g/mol. The molecule has 0 bridgehead atoms. The third-order valence-corrected chi connectivity index (χ3v) is 3.11. The summed E-state index contributed by atoms with van der Waals surface area (Å²) >= 11 is 1.54. The summed E-state index contributed by atoms with van der Waals surface area (Å²) in [4.78, 5) is 22.1. The molecule has 18 heavy (non-hydrogen) atoms. The largest absolute Gasteiger partial charge is 0.348 e. The number of hydrogen-bond donors (Lipinski definition) is 1. The van der Waals surface area contributed by atoms with Crippen LogP contribution in [0.5, 0.6) is 0 Å². The second-order valence-corrected chi connectivity index (χ2v) is 4.37. The van der Waals surface area contributed by atoms with E-state index in [1.807, 2.05) is 16.8 Å². The zero-order chi connectivity index (χ0) is 13.0. The quantitative estimate of drug-likeness (QED) is 0.680. The van der Waals surface area contributed by atoms with Crippen LogP contribution in [0.2, 0.25) is 0 Å². The third-order valence-electron chi connectivity index (χ3n) is 2.38. The van der Waals surface area contributed by atoms with Crippen LogP contribution in [0, 0.1) is 10.1 Å². The number of hydrogen-bond acceptors (Lipinski definition) is 4. The van der Waals surface area contributed by atoms with Crippen LogP contribution in [0.1, 0.15) is 15.9 Å². The average molecular weight is 262 g/mol. The first-order chi connectivity index (χ1) is 8.68. The standard InChI is InChI=1S/C12H10N2O3S/c15-12(13-7-9-5-6-18-8-9)10-3-1-2-4-11(10)14(16)17/h1-6,8H,7H2,(H,13,15). The van der Waals surface area contributed by atoms with Gasteiger partial charge in [0.05, 0.1) is 4.92 Å². The van der Waals surface area contributed by atoms with Gasteiger partial charge in [-0.1, -0.05) is 12.1 Å². The number of para-hydroxylation sites is 1. The van der Waals surface area contributed by atoms with Gasteiger partial charge in [-0.3, -0.25) is 14.9 Å². The summed E-state index contributed by atoms with van der Waals surface area (Å²) in [6.45, 7) is 0.369. The summed E-state index contributed by atoms with van der Waals surface area (Å²) in [7, 11) is 0. The second kappa shape index (κ2) is 5.42. The van der Waals surface area contributed by atoms with Crippen LogP contribution in [0.15, 0.2) is 41.1 Å². The molecule has 2 rings (SSSR count). The van der Waals surface area contributed by atoms with Gasteiger partial charge in [-0.25, -0.2) is 0 Å². The first-order valence-electron chi connectivity index (χ1n) is 5.21. The Labute approximate surface area is 107 Å². The topological polar surface area (TPSA) is 72.2 Å². The fraction of sp³-hybridized carbons (Fsp3) is 0.0833. The Morgan fingerprint density at radius 3 is 2.78 bits per heavy atom. The van der Waals surface area contributed by atoms with Crippen molar-refractivity contribution >= 4 is 22.9 Å². The number of carbonyl (C=O) groups is 1. The molecule has 5 nitrogen and oxygen atoms in total. The second-order valence-electron chi connectivity index (χ2n) is 3.59. The maximum Gasteiger partial charge on any atom is 0.282 e. The summed E-state index contributed by atoms with van der Waals surface area (Å²) in [6, 6.07) is 7.80. The number of rotatable bonds is 4. The van der Waals surface area contributed by atoms with E-state index in [1.165, 1.54) is 29.5 Å². The molecule has 0 saturated carbocycles. The molecule has 0 radical (unpaired) electrons. The monoisotopic (exact) mass is 262 g/mol. The molecule has 0 saturated heterocycles. The predicted molar refractivity (Wildman–Crippen MR) is 68.6 cm³/mol. The Morgan fingerprint density at radius 1 is 1.33 bits per heavy atom. The Bertz CT molecular complexity index is 566. The highest BCUT2D eigenvalue weighted by atomic mass is 32.1. The van der Waals surface area contributed by atoms with Crippen molar-refractivity contribution < 1.29 is 9.72 Å². The lowest BCUT2D eigenvalue weighted by Crippen LogP contribution is -2.23. The van der Waals surface area contributed by atoms with Gasteiger partial charge in [0.25, 0.3) is 11.6 Å².